The van der Waals surface area contributed by atoms with Gasteiger partial charge in [0.25, 0.3) is 5.91 Å². The highest BCUT2D eigenvalue weighted by molar-refractivity contribution is 7.89. The van der Waals surface area contributed by atoms with Crippen LogP contribution in [0, 0.1) is 0 Å². The molecule has 0 atom stereocenters. The van der Waals surface area contributed by atoms with Gasteiger partial charge in [0.15, 0.2) is 6.61 Å². The number of benzene rings is 1. The lowest BCUT2D eigenvalue weighted by atomic mass is 10.2. The highest BCUT2D eigenvalue weighted by Gasteiger charge is 2.19. The lowest BCUT2D eigenvalue weighted by Crippen LogP contribution is -2.29. The van der Waals surface area contributed by atoms with Gasteiger partial charge >= 0.3 is 5.97 Å². The minimum absolute atomic E-state index is 0.117. The standard InChI is InChI=1S/C13H18N2O6S/c1-3-6-15-12(16)8-21-13(17)10-7-9(22(14,18)19)4-5-11(10)20-2/h4-5,7H,3,6,8H2,1-2H3,(H,15,16)(H2,14,18,19). The van der Waals surface area contributed by atoms with Gasteiger partial charge in [0.2, 0.25) is 10.0 Å². The van der Waals surface area contributed by atoms with Crippen molar-refractivity contribution in [2.75, 3.05) is 20.3 Å². The van der Waals surface area contributed by atoms with E-state index in [0.717, 1.165) is 12.5 Å². The van der Waals surface area contributed by atoms with Crippen molar-refractivity contribution in [2.24, 2.45) is 5.14 Å². The van der Waals surface area contributed by atoms with Crippen LogP contribution < -0.4 is 15.2 Å². The number of primary sulfonamides is 1. The Labute approximate surface area is 128 Å². The Morgan fingerprint density at radius 2 is 2.00 bits per heavy atom. The van der Waals surface area contributed by atoms with Crippen LogP contribution in [0.4, 0.5) is 0 Å². The molecule has 0 aliphatic carbocycles. The molecule has 1 amide bonds. The van der Waals surface area contributed by atoms with Crippen molar-refractivity contribution in [1.82, 2.24) is 5.32 Å². The monoisotopic (exact) mass is 330 g/mol. The van der Waals surface area contributed by atoms with Crippen LogP contribution in [0.3, 0.4) is 0 Å². The van der Waals surface area contributed by atoms with Gasteiger partial charge in [-0.15, -0.1) is 0 Å². The molecule has 122 valence electrons. The highest BCUT2D eigenvalue weighted by atomic mass is 32.2. The molecule has 0 heterocycles. The number of nitrogens with one attached hydrogen (secondary N) is 1. The molecule has 1 rings (SSSR count). The van der Waals surface area contributed by atoms with Crippen LogP contribution >= 0.6 is 0 Å². The van der Waals surface area contributed by atoms with Gasteiger partial charge in [0.05, 0.1) is 12.0 Å². The summed E-state index contributed by atoms with van der Waals surface area (Å²) in [6.45, 7) is 1.89. The molecule has 0 saturated heterocycles. The average molecular weight is 330 g/mol. The summed E-state index contributed by atoms with van der Waals surface area (Å²) >= 11 is 0. The predicted octanol–water partition coefficient (Wildman–Crippen LogP) is 0.0256. The molecule has 1 aromatic rings. The third kappa shape index (κ3) is 5.01. The summed E-state index contributed by atoms with van der Waals surface area (Å²) in [5, 5.41) is 7.55. The number of hydrogen-bond donors (Lipinski definition) is 2. The second-order valence-corrected chi connectivity index (χ2v) is 5.89. The van der Waals surface area contributed by atoms with E-state index in [2.05, 4.69) is 5.32 Å². The van der Waals surface area contributed by atoms with Gasteiger partial charge in [-0.25, -0.2) is 18.4 Å². The Morgan fingerprint density at radius 1 is 1.32 bits per heavy atom. The molecule has 0 aliphatic rings. The summed E-state index contributed by atoms with van der Waals surface area (Å²) in [5.41, 5.74) is -0.127. The number of nitrogens with two attached hydrogens (primary N) is 1. The number of ether oxygens (including phenoxy) is 2. The van der Waals surface area contributed by atoms with Crippen LogP contribution in [-0.4, -0.2) is 40.6 Å². The number of methoxy groups -OCH3 is 1. The van der Waals surface area contributed by atoms with Gasteiger partial charge in [-0.1, -0.05) is 6.92 Å². The zero-order chi connectivity index (χ0) is 16.8. The zero-order valence-electron chi connectivity index (χ0n) is 12.3. The fourth-order valence-electron chi connectivity index (χ4n) is 1.55. The van der Waals surface area contributed by atoms with E-state index < -0.39 is 28.5 Å². The number of sulfonamides is 1. The summed E-state index contributed by atoms with van der Waals surface area (Å²) in [5.74, 6) is -1.21. The fraction of sp³-hybridized carbons (Fsp3) is 0.385. The molecule has 3 N–H and O–H groups in total. The number of rotatable bonds is 7. The Morgan fingerprint density at radius 3 is 2.55 bits per heavy atom. The summed E-state index contributed by atoms with van der Waals surface area (Å²) in [4.78, 5) is 23.1. The molecular formula is C13H18N2O6S. The molecular weight excluding hydrogens is 312 g/mol. The first-order chi connectivity index (χ1) is 10.3. The van der Waals surface area contributed by atoms with Gasteiger partial charge in [-0.05, 0) is 24.6 Å². The lowest BCUT2D eigenvalue weighted by Gasteiger charge is -2.10. The molecule has 0 aliphatic heterocycles. The van der Waals surface area contributed by atoms with Gasteiger partial charge in [-0.2, -0.15) is 0 Å². The quantitative estimate of drug-likeness (QED) is 0.679. The molecule has 22 heavy (non-hydrogen) atoms. The molecule has 0 aromatic heterocycles. The number of hydrogen-bond acceptors (Lipinski definition) is 6. The summed E-state index contributed by atoms with van der Waals surface area (Å²) < 4.78 is 32.4. The number of carbonyl (C=O) groups is 2. The molecule has 0 bridgehead atoms. The lowest BCUT2D eigenvalue weighted by molar-refractivity contribution is -0.124. The van der Waals surface area contributed by atoms with Crippen molar-refractivity contribution in [2.45, 2.75) is 18.2 Å². The average Bonchev–Trinajstić information content (AvgIpc) is 2.48. The fourth-order valence-corrected chi connectivity index (χ4v) is 2.09. The van der Waals surface area contributed by atoms with E-state index in [9.17, 15) is 18.0 Å². The van der Waals surface area contributed by atoms with E-state index >= 15 is 0 Å². The minimum Gasteiger partial charge on any atom is -0.496 e. The second kappa shape index (κ2) is 7.76. The van der Waals surface area contributed by atoms with Crippen molar-refractivity contribution in [3.63, 3.8) is 0 Å². The number of amides is 1. The first kappa shape index (κ1) is 17.9. The third-order valence-electron chi connectivity index (χ3n) is 2.63. The first-order valence-electron chi connectivity index (χ1n) is 6.44. The van der Waals surface area contributed by atoms with Crippen molar-refractivity contribution >= 4 is 21.9 Å². The van der Waals surface area contributed by atoms with E-state index in [0.29, 0.717) is 6.54 Å². The van der Waals surface area contributed by atoms with Crippen LogP contribution in [0.1, 0.15) is 23.7 Å². The molecule has 0 saturated carbocycles. The maximum atomic E-state index is 12.0. The number of esters is 1. The van der Waals surface area contributed by atoms with Gasteiger partial charge in [0, 0.05) is 6.54 Å². The predicted molar refractivity (Wildman–Crippen MR) is 78.0 cm³/mol. The Balaban J connectivity index is 2.89. The largest absolute Gasteiger partial charge is 0.496 e. The van der Waals surface area contributed by atoms with Crippen LogP contribution in [0.25, 0.3) is 0 Å². The Bertz CT molecular complexity index is 656. The molecule has 0 unspecified atom stereocenters. The third-order valence-corrected chi connectivity index (χ3v) is 3.54. The zero-order valence-corrected chi connectivity index (χ0v) is 13.1. The molecule has 0 radical (unpaired) electrons. The van der Waals surface area contributed by atoms with E-state index in [1.54, 1.807) is 0 Å². The summed E-state index contributed by atoms with van der Waals surface area (Å²) in [6.07, 6.45) is 0.754. The maximum Gasteiger partial charge on any atom is 0.342 e. The number of carbonyl (C=O) groups excluding carboxylic acids is 2. The second-order valence-electron chi connectivity index (χ2n) is 4.33. The molecule has 1 aromatic carbocycles. The maximum absolute atomic E-state index is 12.0. The van der Waals surface area contributed by atoms with Crippen molar-refractivity contribution in [3.05, 3.63) is 23.8 Å². The van der Waals surface area contributed by atoms with E-state index in [1.807, 2.05) is 6.92 Å². The topological polar surface area (TPSA) is 125 Å². The van der Waals surface area contributed by atoms with Crippen LogP contribution in [-0.2, 0) is 19.6 Å². The summed E-state index contributed by atoms with van der Waals surface area (Å²) in [7, 11) is -2.65. The smallest absolute Gasteiger partial charge is 0.342 e. The van der Waals surface area contributed by atoms with E-state index in [4.69, 9.17) is 14.6 Å². The summed E-state index contributed by atoms with van der Waals surface area (Å²) in [6, 6.07) is 3.53. The molecule has 8 nitrogen and oxygen atoms in total. The first-order valence-corrected chi connectivity index (χ1v) is 7.99. The van der Waals surface area contributed by atoms with Crippen molar-refractivity contribution in [1.29, 1.82) is 0 Å². The van der Waals surface area contributed by atoms with Crippen LogP contribution in [0.5, 0.6) is 5.75 Å². The molecule has 0 fully saturated rings. The molecule has 9 heteroatoms. The van der Waals surface area contributed by atoms with Gasteiger partial charge < -0.3 is 14.8 Å². The minimum atomic E-state index is -3.97. The van der Waals surface area contributed by atoms with Crippen LogP contribution in [0.2, 0.25) is 0 Å². The highest BCUT2D eigenvalue weighted by Crippen LogP contribution is 2.22. The van der Waals surface area contributed by atoms with Crippen molar-refractivity contribution in [3.8, 4) is 5.75 Å². The Kier molecular flexibility index (Phi) is 6.32. The van der Waals surface area contributed by atoms with Gasteiger partial charge in [0.1, 0.15) is 11.3 Å². The van der Waals surface area contributed by atoms with E-state index in [-0.39, 0.29) is 16.2 Å². The Hall–Kier alpha value is -2.13. The molecule has 0 spiro atoms. The normalized spacial score (nSPS) is 10.9. The SMILES string of the molecule is CCCNC(=O)COC(=O)c1cc(S(N)(=O)=O)ccc1OC. The van der Waals surface area contributed by atoms with Gasteiger partial charge in [-0.3, -0.25) is 4.79 Å². The van der Waals surface area contributed by atoms with E-state index in [1.165, 1.54) is 19.2 Å². The van der Waals surface area contributed by atoms with Crippen molar-refractivity contribution < 1.29 is 27.5 Å². The van der Waals surface area contributed by atoms with Crippen LogP contribution in [0.15, 0.2) is 23.1 Å².